The Hall–Kier alpha value is -2.69. The monoisotopic (exact) mass is 235 g/mol. The molecule has 0 saturated heterocycles. The molecule has 0 radical (unpaired) electrons. The lowest BCUT2D eigenvalue weighted by molar-refractivity contribution is 1.13. The maximum atomic E-state index is 4.44. The molecule has 0 atom stereocenters. The Bertz CT molecular complexity index is 842. The van der Waals surface area contributed by atoms with Crippen molar-refractivity contribution in [3.05, 3.63) is 49.3 Å². The predicted octanol–water partition coefficient (Wildman–Crippen LogP) is 2.27. The van der Waals surface area contributed by atoms with Crippen LogP contribution in [0.1, 0.15) is 0 Å². The maximum Gasteiger partial charge on any atom is 0.155 e. The summed E-state index contributed by atoms with van der Waals surface area (Å²) < 4.78 is 1.96. The minimum atomic E-state index is 0.844. The summed E-state index contributed by atoms with van der Waals surface area (Å²) in [5.74, 6) is 0. The van der Waals surface area contributed by atoms with Gasteiger partial charge in [-0.3, -0.25) is 4.98 Å². The van der Waals surface area contributed by atoms with E-state index in [1.807, 2.05) is 35.1 Å². The summed E-state index contributed by atoms with van der Waals surface area (Å²) in [6, 6.07) is 3.96. The average molecular weight is 235 g/mol. The molecule has 4 aromatic heterocycles. The standard InChI is InChI=1S/C13H9N5/c1-2-9-10(6-17-13(9)15-3-1)11-8-18-5-4-14-12(18)7-16-11/h1-8H,(H,15,17). The molecule has 0 saturated carbocycles. The number of hydrogen-bond acceptors (Lipinski definition) is 3. The fourth-order valence-corrected chi connectivity index (χ4v) is 2.13. The molecule has 86 valence electrons. The van der Waals surface area contributed by atoms with E-state index in [-0.39, 0.29) is 0 Å². The lowest BCUT2D eigenvalue weighted by Crippen LogP contribution is -1.89. The van der Waals surface area contributed by atoms with Crippen LogP contribution in [-0.4, -0.2) is 24.3 Å². The summed E-state index contributed by atoms with van der Waals surface area (Å²) in [4.78, 5) is 16.1. The molecule has 0 aromatic carbocycles. The van der Waals surface area contributed by atoms with Crippen LogP contribution in [0.5, 0.6) is 0 Å². The second-order valence-corrected chi connectivity index (χ2v) is 4.07. The lowest BCUT2D eigenvalue weighted by Gasteiger charge is -1.99. The molecule has 5 heteroatoms. The highest BCUT2D eigenvalue weighted by molar-refractivity contribution is 5.92. The molecular weight excluding hydrogens is 226 g/mol. The number of rotatable bonds is 1. The Kier molecular flexibility index (Phi) is 1.77. The number of H-pyrrole nitrogens is 1. The molecule has 4 aromatic rings. The summed E-state index contributed by atoms with van der Waals surface area (Å²) >= 11 is 0. The van der Waals surface area contributed by atoms with E-state index >= 15 is 0 Å². The fraction of sp³-hybridized carbons (Fsp3) is 0. The van der Waals surface area contributed by atoms with E-state index in [0.29, 0.717) is 0 Å². The molecule has 0 bridgehead atoms. The molecule has 0 spiro atoms. The van der Waals surface area contributed by atoms with Crippen LogP contribution in [0.2, 0.25) is 0 Å². The van der Waals surface area contributed by atoms with E-state index in [1.165, 1.54) is 0 Å². The molecule has 4 rings (SSSR count). The van der Waals surface area contributed by atoms with Gasteiger partial charge in [-0.05, 0) is 12.1 Å². The van der Waals surface area contributed by atoms with Gasteiger partial charge in [-0.15, -0.1) is 0 Å². The second kappa shape index (κ2) is 3.40. The van der Waals surface area contributed by atoms with Gasteiger partial charge in [0.2, 0.25) is 0 Å². The van der Waals surface area contributed by atoms with Crippen molar-refractivity contribution in [1.29, 1.82) is 0 Å². The van der Waals surface area contributed by atoms with Crippen molar-refractivity contribution in [3.63, 3.8) is 0 Å². The van der Waals surface area contributed by atoms with E-state index in [2.05, 4.69) is 19.9 Å². The fourth-order valence-electron chi connectivity index (χ4n) is 2.13. The Labute approximate surface area is 102 Å². The number of imidazole rings is 1. The molecule has 0 aliphatic rings. The van der Waals surface area contributed by atoms with Crippen LogP contribution in [0, 0.1) is 0 Å². The molecule has 0 amide bonds. The minimum absolute atomic E-state index is 0.844. The normalized spacial score (nSPS) is 11.3. The van der Waals surface area contributed by atoms with E-state index < -0.39 is 0 Å². The van der Waals surface area contributed by atoms with Crippen molar-refractivity contribution in [2.24, 2.45) is 0 Å². The number of aromatic nitrogens is 5. The highest BCUT2D eigenvalue weighted by atomic mass is 15.0. The van der Waals surface area contributed by atoms with Gasteiger partial charge < -0.3 is 9.38 Å². The molecule has 0 unspecified atom stereocenters. The Morgan fingerprint density at radius 3 is 3.11 bits per heavy atom. The van der Waals surface area contributed by atoms with Crippen LogP contribution in [0.25, 0.3) is 27.9 Å². The van der Waals surface area contributed by atoms with Crippen molar-refractivity contribution in [1.82, 2.24) is 24.3 Å². The first-order chi connectivity index (χ1) is 8.92. The first-order valence-corrected chi connectivity index (χ1v) is 5.63. The largest absolute Gasteiger partial charge is 0.345 e. The number of aromatic amines is 1. The lowest BCUT2D eigenvalue weighted by atomic mass is 10.2. The highest BCUT2D eigenvalue weighted by Gasteiger charge is 2.08. The van der Waals surface area contributed by atoms with E-state index in [9.17, 15) is 0 Å². The third kappa shape index (κ3) is 1.24. The van der Waals surface area contributed by atoms with Crippen LogP contribution in [0.15, 0.2) is 49.3 Å². The molecular formula is C13H9N5. The number of pyridine rings is 1. The van der Waals surface area contributed by atoms with Gasteiger partial charge in [0.15, 0.2) is 5.65 Å². The summed E-state index contributed by atoms with van der Waals surface area (Å²) in [6.45, 7) is 0. The third-order valence-electron chi connectivity index (χ3n) is 3.01. The van der Waals surface area contributed by atoms with Gasteiger partial charge in [0.05, 0.1) is 11.9 Å². The average Bonchev–Trinajstić information content (AvgIpc) is 3.04. The third-order valence-corrected chi connectivity index (χ3v) is 3.01. The quantitative estimate of drug-likeness (QED) is 0.550. The van der Waals surface area contributed by atoms with Gasteiger partial charge in [-0.1, -0.05) is 0 Å². The zero-order valence-corrected chi connectivity index (χ0v) is 9.41. The van der Waals surface area contributed by atoms with Gasteiger partial charge in [-0.25, -0.2) is 9.97 Å². The molecule has 0 aliphatic carbocycles. The first kappa shape index (κ1) is 9.35. The second-order valence-electron chi connectivity index (χ2n) is 4.07. The zero-order chi connectivity index (χ0) is 11.9. The first-order valence-electron chi connectivity index (χ1n) is 5.63. The van der Waals surface area contributed by atoms with Gasteiger partial charge >= 0.3 is 0 Å². The number of fused-ring (bicyclic) bond motifs is 2. The van der Waals surface area contributed by atoms with E-state index in [4.69, 9.17) is 0 Å². The van der Waals surface area contributed by atoms with Crippen LogP contribution in [-0.2, 0) is 0 Å². The molecule has 1 N–H and O–H groups in total. The molecule has 5 nitrogen and oxygen atoms in total. The summed E-state index contributed by atoms with van der Waals surface area (Å²) in [5.41, 5.74) is 3.67. The molecule has 18 heavy (non-hydrogen) atoms. The Balaban J connectivity index is 2.00. The molecule has 4 heterocycles. The number of nitrogens with zero attached hydrogens (tertiary/aromatic N) is 4. The summed E-state index contributed by atoms with van der Waals surface area (Å²) in [5, 5.41) is 1.07. The highest BCUT2D eigenvalue weighted by Crippen LogP contribution is 2.25. The van der Waals surface area contributed by atoms with Crippen LogP contribution >= 0.6 is 0 Å². The number of nitrogens with one attached hydrogen (secondary N) is 1. The minimum Gasteiger partial charge on any atom is -0.345 e. The van der Waals surface area contributed by atoms with Crippen LogP contribution in [0.3, 0.4) is 0 Å². The van der Waals surface area contributed by atoms with Gasteiger partial charge in [0, 0.05) is 41.9 Å². The Morgan fingerprint density at radius 1 is 1.11 bits per heavy atom. The summed E-state index contributed by atoms with van der Waals surface area (Å²) in [6.07, 6.45) is 11.1. The SMILES string of the molecule is c1cnc2[nH]cc(-c3cn4ccnc4cn3)c2c1. The van der Waals surface area contributed by atoms with Gasteiger partial charge in [0.25, 0.3) is 0 Å². The maximum absolute atomic E-state index is 4.44. The van der Waals surface area contributed by atoms with Crippen molar-refractivity contribution in [2.45, 2.75) is 0 Å². The van der Waals surface area contributed by atoms with Gasteiger partial charge in [0.1, 0.15) is 5.65 Å². The molecule has 0 fully saturated rings. The topological polar surface area (TPSA) is 58.9 Å². The van der Waals surface area contributed by atoms with E-state index in [1.54, 1.807) is 18.6 Å². The van der Waals surface area contributed by atoms with Crippen molar-refractivity contribution in [3.8, 4) is 11.3 Å². The van der Waals surface area contributed by atoms with E-state index in [0.717, 1.165) is 27.9 Å². The predicted molar refractivity (Wildman–Crippen MR) is 68.1 cm³/mol. The van der Waals surface area contributed by atoms with Crippen molar-refractivity contribution in [2.75, 3.05) is 0 Å². The summed E-state index contributed by atoms with van der Waals surface area (Å²) in [7, 11) is 0. The Morgan fingerprint density at radius 2 is 2.11 bits per heavy atom. The molecule has 0 aliphatic heterocycles. The van der Waals surface area contributed by atoms with Gasteiger partial charge in [-0.2, -0.15) is 0 Å². The van der Waals surface area contributed by atoms with Crippen molar-refractivity contribution >= 4 is 16.7 Å². The smallest absolute Gasteiger partial charge is 0.155 e. The van der Waals surface area contributed by atoms with Crippen molar-refractivity contribution < 1.29 is 0 Å². The van der Waals surface area contributed by atoms with Crippen LogP contribution < -0.4 is 0 Å². The number of hydrogen-bond donors (Lipinski definition) is 1. The van der Waals surface area contributed by atoms with Crippen LogP contribution in [0.4, 0.5) is 0 Å². The zero-order valence-electron chi connectivity index (χ0n) is 9.41.